The second kappa shape index (κ2) is 4.79. The zero-order chi connectivity index (χ0) is 9.80. The molecule has 14 heavy (non-hydrogen) atoms. The Kier molecular flexibility index (Phi) is 3.41. The first-order chi connectivity index (χ1) is 6.86. The van der Waals surface area contributed by atoms with E-state index in [1.54, 1.807) is 0 Å². The summed E-state index contributed by atoms with van der Waals surface area (Å²) in [4.78, 5) is 4.10. The number of nitrogens with zero attached hydrogens (tertiary/aromatic N) is 1. The SMILES string of the molecule is ClC(CCCc1cccnc1)C1CC1. The Morgan fingerprint density at radius 3 is 3.00 bits per heavy atom. The minimum Gasteiger partial charge on any atom is -0.264 e. The summed E-state index contributed by atoms with van der Waals surface area (Å²) in [5, 5.41) is 0.423. The Balaban J connectivity index is 1.67. The van der Waals surface area contributed by atoms with Crippen LogP contribution in [0.1, 0.15) is 31.2 Å². The van der Waals surface area contributed by atoms with Gasteiger partial charge in [0.1, 0.15) is 0 Å². The average Bonchev–Trinajstić information content (AvgIpc) is 3.02. The lowest BCUT2D eigenvalue weighted by molar-refractivity contribution is 0.637. The lowest BCUT2D eigenvalue weighted by Crippen LogP contribution is -2.01. The normalized spacial score (nSPS) is 18.1. The van der Waals surface area contributed by atoms with Crippen molar-refractivity contribution in [3.63, 3.8) is 0 Å². The molecule has 1 aliphatic carbocycles. The van der Waals surface area contributed by atoms with Crippen LogP contribution in [-0.4, -0.2) is 10.4 Å². The van der Waals surface area contributed by atoms with Crippen LogP contribution in [0.3, 0.4) is 0 Å². The van der Waals surface area contributed by atoms with Gasteiger partial charge in [0.2, 0.25) is 0 Å². The highest BCUT2D eigenvalue weighted by Crippen LogP contribution is 2.37. The van der Waals surface area contributed by atoms with Crippen LogP contribution in [0, 0.1) is 5.92 Å². The fraction of sp³-hybridized carbons (Fsp3) is 0.583. The van der Waals surface area contributed by atoms with Crippen molar-refractivity contribution >= 4 is 11.6 Å². The fourth-order valence-corrected chi connectivity index (χ4v) is 2.15. The summed E-state index contributed by atoms with van der Waals surface area (Å²) < 4.78 is 0. The summed E-state index contributed by atoms with van der Waals surface area (Å²) in [7, 11) is 0. The predicted molar refractivity (Wildman–Crippen MR) is 59.5 cm³/mol. The summed E-state index contributed by atoms with van der Waals surface area (Å²) in [6, 6.07) is 4.13. The van der Waals surface area contributed by atoms with Gasteiger partial charge in [0.15, 0.2) is 0 Å². The van der Waals surface area contributed by atoms with E-state index in [-0.39, 0.29) is 0 Å². The molecule has 0 radical (unpaired) electrons. The molecule has 1 atom stereocenters. The predicted octanol–water partition coefficient (Wildman–Crippen LogP) is 3.42. The Bertz CT molecular complexity index is 269. The van der Waals surface area contributed by atoms with Gasteiger partial charge in [-0.2, -0.15) is 0 Å². The van der Waals surface area contributed by atoms with E-state index in [2.05, 4.69) is 11.1 Å². The van der Waals surface area contributed by atoms with Crippen LogP contribution in [0.4, 0.5) is 0 Å². The highest BCUT2D eigenvalue weighted by atomic mass is 35.5. The van der Waals surface area contributed by atoms with Gasteiger partial charge < -0.3 is 0 Å². The highest BCUT2D eigenvalue weighted by molar-refractivity contribution is 6.20. The van der Waals surface area contributed by atoms with Gasteiger partial charge in [-0.1, -0.05) is 6.07 Å². The molecule has 1 unspecified atom stereocenters. The number of rotatable bonds is 5. The molecule has 0 aliphatic heterocycles. The van der Waals surface area contributed by atoms with E-state index in [1.807, 2.05) is 18.5 Å². The van der Waals surface area contributed by atoms with Crippen LogP contribution in [0.2, 0.25) is 0 Å². The Morgan fingerprint density at radius 1 is 1.50 bits per heavy atom. The maximum atomic E-state index is 6.23. The van der Waals surface area contributed by atoms with Crippen LogP contribution in [-0.2, 0) is 6.42 Å². The number of hydrogen-bond donors (Lipinski definition) is 0. The van der Waals surface area contributed by atoms with Gasteiger partial charge in [0, 0.05) is 17.8 Å². The summed E-state index contributed by atoms with van der Waals surface area (Å²) >= 11 is 6.23. The Morgan fingerprint density at radius 2 is 2.36 bits per heavy atom. The van der Waals surface area contributed by atoms with E-state index in [1.165, 1.54) is 24.8 Å². The number of pyridine rings is 1. The lowest BCUT2D eigenvalue weighted by Gasteiger charge is -2.06. The van der Waals surface area contributed by atoms with E-state index in [9.17, 15) is 0 Å². The van der Waals surface area contributed by atoms with Gasteiger partial charge in [-0.3, -0.25) is 4.98 Å². The molecule has 2 heteroatoms. The Hall–Kier alpha value is -0.560. The van der Waals surface area contributed by atoms with E-state index in [4.69, 9.17) is 11.6 Å². The molecule has 0 aromatic carbocycles. The van der Waals surface area contributed by atoms with Gasteiger partial charge in [-0.25, -0.2) is 0 Å². The Labute approximate surface area is 90.5 Å². The van der Waals surface area contributed by atoms with Crippen molar-refractivity contribution in [2.75, 3.05) is 0 Å². The van der Waals surface area contributed by atoms with Gasteiger partial charge in [0.05, 0.1) is 0 Å². The molecule has 1 aliphatic rings. The first-order valence-electron chi connectivity index (χ1n) is 5.39. The smallest absolute Gasteiger partial charge is 0.0364 e. The van der Waals surface area contributed by atoms with E-state index in [0.717, 1.165) is 18.8 Å². The van der Waals surface area contributed by atoms with Crippen molar-refractivity contribution in [3.05, 3.63) is 30.1 Å². The van der Waals surface area contributed by atoms with Gasteiger partial charge in [0.25, 0.3) is 0 Å². The van der Waals surface area contributed by atoms with Crippen molar-refractivity contribution in [2.24, 2.45) is 5.92 Å². The fourth-order valence-electron chi connectivity index (χ4n) is 1.74. The zero-order valence-corrected chi connectivity index (χ0v) is 9.08. The molecule has 1 nitrogen and oxygen atoms in total. The molecule has 2 rings (SSSR count). The van der Waals surface area contributed by atoms with Gasteiger partial charge in [-0.05, 0) is 49.7 Å². The molecule has 1 aromatic rings. The molecule has 1 aromatic heterocycles. The van der Waals surface area contributed by atoms with E-state index < -0.39 is 0 Å². The monoisotopic (exact) mass is 209 g/mol. The third-order valence-corrected chi connectivity index (χ3v) is 3.38. The van der Waals surface area contributed by atoms with Crippen molar-refractivity contribution in [2.45, 2.75) is 37.5 Å². The van der Waals surface area contributed by atoms with E-state index >= 15 is 0 Å². The van der Waals surface area contributed by atoms with Crippen LogP contribution < -0.4 is 0 Å². The molecule has 1 heterocycles. The number of alkyl halides is 1. The van der Waals surface area contributed by atoms with Crippen LogP contribution in [0.25, 0.3) is 0 Å². The second-order valence-electron chi connectivity index (χ2n) is 4.11. The molecule has 1 fully saturated rings. The van der Waals surface area contributed by atoms with Crippen molar-refractivity contribution < 1.29 is 0 Å². The third kappa shape index (κ3) is 2.98. The largest absolute Gasteiger partial charge is 0.264 e. The molecule has 0 saturated heterocycles. The molecule has 0 bridgehead atoms. The number of aromatic nitrogens is 1. The van der Waals surface area contributed by atoms with Crippen LogP contribution in [0.15, 0.2) is 24.5 Å². The number of aryl methyl sites for hydroxylation is 1. The molecule has 0 amide bonds. The van der Waals surface area contributed by atoms with Crippen LogP contribution in [0.5, 0.6) is 0 Å². The van der Waals surface area contributed by atoms with E-state index in [0.29, 0.717) is 5.38 Å². The van der Waals surface area contributed by atoms with Crippen molar-refractivity contribution in [3.8, 4) is 0 Å². The molecule has 76 valence electrons. The lowest BCUT2D eigenvalue weighted by atomic mass is 10.1. The summed E-state index contributed by atoms with van der Waals surface area (Å²) in [5.74, 6) is 0.825. The molecule has 0 spiro atoms. The first kappa shape index (κ1) is 9.97. The molecule has 0 N–H and O–H groups in total. The van der Waals surface area contributed by atoms with Crippen molar-refractivity contribution in [1.29, 1.82) is 0 Å². The molecular formula is C12H16ClN. The van der Waals surface area contributed by atoms with Crippen molar-refractivity contribution in [1.82, 2.24) is 4.98 Å². The maximum absolute atomic E-state index is 6.23. The summed E-state index contributed by atoms with van der Waals surface area (Å²) in [5.41, 5.74) is 1.33. The minimum absolute atomic E-state index is 0.423. The quantitative estimate of drug-likeness (QED) is 0.678. The topological polar surface area (TPSA) is 12.9 Å². The first-order valence-corrected chi connectivity index (χ1v) is 5.83. The standard InChI is InChI=1S/C12H16ClN/c13-12(11-6-7-11)5-1-3-10-4-2-8-14-9-10/h2,4,8-9,11-12H,1,3,5-7H2. The number of halogens is 1. The maximum Gasteiger partial charge on any atom is 0.0364 e. The number of hydrogen-bond acceptors (Lipinski definition) is 1. The van der Waals surface area contributed by atoms with Crippen LogP contribution >= 0.6 is 11.6 Å². The summed E-state index contributed by atoms with van der Waals surface area (Å²) in [6.45, 7) is 0. The second-order valence-corrected chi connectivity index (χ2v) is 4.67. The summed E-state index contributed by atoms with van der Waals surface area (Å²) in [6.07, 6.45) is 9.92. The van der Waals surface area contributed by atoms with Gasteiger partial charge >= 0.3 is 0 Å². The third-order valence-electron chi connectivity index (χ3n) is 2.80. The zero-order valence-electron chi connectivity index (χ0n) is 8.32. The minimum atomic E-state index is 0.423. The molecular weight excluding hydrogens is 194 g/mol. The highest BCUT2D eigenvalue weighted by Gasteiger charge is 2.28. The molecule has 1 saturated carbocycles. The van der Waals surface area contributed by atoms with Gasteiger partial charge in [-0.15, -0.1) is 11.6 Å². The average molecular weight is 210 g/mol.